The van der Waals surface area contributed by atoms with E-state index in [1.807, 2.05) is 25.3 Å². The number of pyridine rings is 1. The number of hydrogen-bond donors (Lipinski definition) is 1. The van der Waals surface area contributed by atoms with Crippen molar-refractivity contribution >= 4 is 5.82 Å². The summed E-state index contributed by atoms with van der Waals surface area (Å²) in [6, 6.07) is 4.44. The highest BCUT2D eigenvalue weighted by molar-refractivity contribution is 5.50. The van der Waals surface area contributed by atoms with Crippen molar-refractivity contribution in [2.45, 2.75) is 39.2 Å². The van der Waals surface area contributed by atoms with Crippen LogP contribution in [0.25, 0.3) is 0 Å². The largest absolute Gasteiger partial charge is 0.490 e. The number of hydrogen-bond acceptors (Lipinski definition) is 3. The molecule has 0 spiro atoms. The molecule has 2 unspecified atom stereocenters. The van der Waals surface area contributed by atoms with Crippen molar-refractivity contribution in [3.05, 3.63) is 18.3 Å². The van der Waals surface area contributed by atoms with Crippen molar-refractivity contribution in [1.82, 2.24) is 4.98 Å². The molecule has 1 aliphatic rings. The van der Waals surface area contributed by atoms with E-state index >= 15 is 0 Å². The monoisotopic (exact) mass is 220 g/mol. The molecule has 1 fully saturated rings. The predicted molar refractivity (Wildman–Crippen MR) is 65.8 cm³/mol. The summed E-state index contributed by atoms with van der Waals surface area (Å²) < 4.78 is 5.55. The van der Waals surface area contributed by atoms with Gasteiger partial charge < -0.3 is 10.1 Å². The summed E-state index contributed by atoms with van der Waals surface area (Å²) in [4.78, 5) is 4.35. The van der Waals surface area contributed by atoms with Gasteiger partial charge in [0.1, 0.15) is 0 Å². The molecule has 1 N–H and O–H groups in total. The first kappa shape index (κ1) is 11.2. The number of nitrogens with zero attached hydrogens (tertiary/aromatic N) is 1. The van der Waals surface area contributed by atoms with Crippen molar-refractivity contribution in [3.8, 4) is 5.75 Å². The lowest BCUT2D eigenvalue weighted by Crippen LogP contribution is -2.17. The summed E-state index contributed by atoms with van der Waals surface area (Å²) in [6.45, 7) is 4.99. The van der Waals surface area contributed by atoms with Crippen molar-refractivity contribution in [2.75, 3.05) is 11.9 Å². The standard InChI is InChI=1S/C13H20N2O/c1-3-16-12-5-4-8-14-13(12)15-11-7-6-10(2)9-11/h4-5,8,10-11H,3,6-7,9H2,1-2H3,(H,14,15). The third kappa shape index (κ3) is 2.65. The topological polar surface area (TPSA) is 34.1 Å². The van der Waals surface area contributed by atoms with Gasteiger partial charge in [-0.15, -0.1) is 0 Å². The van der Waals surface area contributed by atoms with Gasteiger partial charge in [0.15, 0.2) is 11.6 Å². The molecule has 0 aliphatic heterocycles. The van der Waals surface area contributed by atoms with E-state index in [2.05, 4.69) is 17.2 Å². The van der Waals surface area contributed by atoms with Crippen molar-refractivity contribution in [1.29, 1.82) is 0 Å². The minimum atomic E-state index is 0.559. The Morgan fingerprint density at radius 2 is 2.38 bits per heavy atom. The van der Waals surface area contributed by atoms with Crippen molar-refractivity contribution < 1.29 is 4.74 Å². The number of rotatable bonds is 4. The maximum absolute atomic E-state index is 5.55. The quantitative estimate of drug-likeness (QED) is 0.846. The van der Waals surface area contributed by atoms with Crippen LogP contribution in [0.4, 0.5) is 5.82 Å². The Hall–Kier alpha value is -1.25. The van der Waals surface area contributed by atoms with Gasteiger partial charge in [-0.05, 0) is 44.2 Å². The van der Waals surface area contributed by atoms with Gasteiger partial charge in [0, 0.05) is 12.2 Å². The van der Waals surface area contributed by atoms with E-state index in [0.717, 1.165) is 17.5 Å². The fourth-order valence-electron chi connectivity index (χ4n) is 2.30. The van der Waals surface area contributed by atoms with Crippen LogP contribution < -0.4 is 10.1 Å². The zero-order chi connectivity index (χ0) is 11.4. The van der Waals surface area contributed by atoms with Crippen molar-refractivity contribution in [3.63, 3.8) is 0 Å². The SMILES string of the molecule is CCOc1cccnc1NC1CCC(C)C1. The molecule has 1 saturated carbocycles. The summed E-state index contributed by atoms with van der Waals surface area (Å²) in [5.41, 5.74) is 0. The van der Waals surface area contributed by atoms with E-state index < -0.39 is 0 Å². The highest BCUT2D eigenvalue weighted by atomic mass is 16.5. The first-order valence-electron chi connectivity index (χ1n) is 6.14. The predicted octanol–water partition coefficient (Wildman–Crippen LogP) is 3.08. The molecular weight excluding hydrogens is 200 g/mol. The molecule has 0 amide bonds. The van der Waals surface area contributed by atoms with Crippen molar-refractivity contribution in [2.24, 2.45) is 5.92 Å². The van der Waals surface area contributed by atoms with Crippen LogP contribution in [-0.2, 0) is 0 Å². The lowest BCUT2D eigenvalue weighted by Gasteiger charge is -2.15. The summed E-state index contributed by atoms with van der Waals surface area (Å²) in [5, 5.41) is 3.49. The highest BCUT2D eigenvalue weighted by Crippen LogP contribution is 2.29. The Labute approximate surface area is 97.2 Å². The van der Waals surface area contributed by atoms with Crippen LogP contribution >= 0.6 is 0 Å². The van der Waals surface area contributed by atoms with Gasteiger partial charge in [-0.3, -0.25) is 0 Å². The Morgan fingerprint density at radius 3 is 3.06 bits per heavy atom. The average molecular weight is 220 g/mol. The van der Waals surface area contributed by atoms with Gasteiger partial charge in [0.25, 0.3) is 0 Å². The molecule has 0 radical (unpaired) electrons. The zero-order valence-corrected chi connectivity index (χ0v) is 10.1. The molecule has 3 nitrogen and oxygen atoms in total. The normalized spacial score (nSPS) is 24.4. The molecule has 0 aromatic carbocycles. The number of nitrogens with one attached hydrogen (secondary N) is 1. The van der Waals surface area contributed by atoms with Crippen LogP contribution in [0.15, 0.2) is 18.3 Å². The van der Waals surface area contributed by atoms with Gasteiger partial charge in [0.05, 0.1) is 6.61 Å². The average Bonchev–Trinajstić information content (AvgIpc) is 2.67. The van der Waals surface area contributed by atoms with E-state index in [1.54, 1.807) is 0 Å². The fourth-order valence-corrected chi connectivity index (χ4v) is 2.30. The molecule has 0 bridgehead atoms. The van der Waals surface area contributed by atoms with Gasteiger partial charge in [-0.25, -0.2) is 4.98 Å². The summed E-state index contributed by atoms with van der Waals surface area (Å²) in [5.74, 6) is 2.59. The van der Waals surface area contributed by atoms with E-state index in [4.69, 9.17) is 4.74 Å². The molecule has 16 heavy (non-hydrogen) atoms. The molecule has 88 valence electrons. The Bertz CT molecular complexity index is 340. The Morgan fingerprint density at radius 1 is 1.50 bits per heavy atom. The van der Waals surface area contributed by atoms with Crippen LogP contribution in [0.5, 0.6) is 5.75 Å². The molecule has 1 heterocycles. The van der Waals surface area contributed by atoms with E-state index in [-0.39, 0.29) is 0 Å². The summed E-state index contributed by atoms with van der Waals surface area (Å²) in [6.07, 6.45) is 5.60. The van der Waals surface area contributed by atoms with Crippen LogP contribution in [0, 0.1) is 5.92 Å². The number of anilines is 1. The van der Waals surface area contributed by atoms with E-state index in [1.165, 1.54) is 19.3 Å². The molecule has 2 rings (SSSR count). The fraction of sp³-hybridized carbons (Fsp3) is 0.615. The smallest absolute Gasteiger partial charge is 0.168 e. The maximum Gasteiger partial charge on any atom is 0.168 e. The second-order valence-corrected chi connectivity index (χ2v) is 4.54. The third-order valence-electron chi connectivity index (χ3n) is 3.11. The molecular formula is C13H20N2O. The highest BCUT2D eigenvalue weighted by Gasteiger charge is 2.22. The lowest BCUT2D eigenvalue weighted by molar-refractivity contribution is 0.340. The van der Waals surface area contributed by atoms with E-state index in [0.29, 0.717) is 12.6 Å². The first-order chi connectivity index (χ1) is 7.79. The molecule has 1 aromatic heterocycles. The summed E-state index contributed by atoms with van der Waals surface area (Å²) in [7, 11) is 0. The number of aromatic nitrogens is 1. The zero-order valence-electron chi connectivity index (χ0n) is 10.1. The van der Waals surface area contributed by atoms with E-state index in [9.17, 15) is 0 Å². The van der Waals surface area contributed by atoms with Gasteiger partial charge in [-0.1, -0.05) is 6.92 Å². The minimum absolute atomic E-state index is 0.559. The van der Waals surface area contributed by atoms with Gasteiger partial charge >= 0.3 is 0 Å². The molecule has 3 heteroatoms. The van der Waals surface area contributed by atoms with Crippen LogP contribution in [0.2, 0.25) is 0 Å². The lowest BCUT2D eigenvalue weighted by atomic mass is 10.1. The molecule has 1 aromatic rings. The van der Waals surface area contributed by atoms with Gasteiger partial charge in [0.2, 0.25) is 0 Å². The Kier molecular flexibility index (Phi) is 3.65. The van der Waals surface area contributed by atoms with Crippen LogP contribution in [0.3, 0.4) is 0 Å². The minimum Gasteiger partial charge on any atom is -0.490 e. The second kappa shape index (κ2) is 5.19. The molecule has 2 atom stereocenters. The van der Waals surface area contributed by atoms with Crippen LogP contribution in [-0.4, -0.2) is 17.6 Å². The molecule has 0 saturated heterocycles. The Balaban J connectivity index is 2.02. The number of ether oxygens (including phenoxy) is 1. The second-order valence-electron chi connectivity index (χ2n) is 4.54. The molecule has 1 aliphatic carbocycles. The van der Waals surface area contributed by atoms with Gasteiger partial charge in [-0.2, -0.15) is 0 Å². The first-order valence-corrected chi connectivity index (χ1v) is 6.14. The summed E-state index contributed by atoms with van der Waals surface area (Å²) >= 11 is 0. The van der Waals surface area contributed by atoms with Crippen LogP contribution in [0.1, 0.15) is 33.1 Å². The maximum atomic E-state index is 5.55. The third-order valence-corrected chi connectivity index (χ3v) is 3.11.